The van der Waals surface area contributed by atoms with Crippen molar-refractivity contribution in [2.45, 2.75) is 32.6 Å². The first-order valence-corrected chi connectivity index (χ1v) is 7.13. The molecule has 0 unspecified atom stereocenters. The molecule has 19 heavy (non-hydrogen) atoms. The van der Waals surface area contributed by atoms with Crippen molar-refractivity contribution in [3.05, 3.63) is 0 Å². The minimum atomic E-state index is -0.0726. The zero-order valence-electron chi connectivity index (χ0n) is 12.4. The molecule has 0 N–H and O–H groups in total. The highest BCUT2D eigenvalue weighted by Crippen LogP contribution is 2.18. The van der Waals surface area contributed by atoms with Crippen molar-refractivity contribution in [1.82, 2.24) is 9.80 Å². The van der Waals surface area contributed by atoms with Crippen molar-refractivity contribution >= 4 is 11.9 Å². The molecular weight excluding hydrogens is 244 g/mol. The SMILES string of the molecule is CCOC(=O)[C@H]1CCCN(CCCC(=O)N(C)C)C1. The standard InChI is InChI=1S/C14H26N2O3/c1-4-19-14(18)12-7-5-9-16(11-12)10-6-8-13(17)15(2)3/h12H,4-11H2,1-3H3/t12-/m0/s1. The van der Waals surface area contributed by atoms with Crippen molar-refractivity contribution < 1.29 is 14.3 Å². The van der Waals surface area contributed by atoms with Crippen LogP contribution in [-0.2, 0) is 14.3 Å². The number of carbonyl (C=O) groups is 2. The fourth-order valence-corrected chi connectivity index (χ4v) is 2.39. The summed E-state index contributed by atoms with van der Waals surface area (Å²) < 4.78 is 5.08. The quantitative estimate of drug-likeness (QED) is 0.679. The molecule has 0 spiro atoms. The summed E-state index contributed by atoms with van der Waals surface area (Å²) >= 11 is 0. The van der Waals surface area contributed by atoms with Crippen molar-refractivity contribution in [3.8, 4) is 0 Å². The first-order chi connectivity index (χ1) is 9.04. The number of esters is 1. The minimum absolute atomic E-state index is 0.0123. The summed E-state index contributed by atoms with van der Waals surface area (Å²) in [6.45, 7) is 4.97. The predicted molar refractivity (Wildman–Crippen MR) is 73.7 cm³/mol. The molecule has 1 aliphatic rings. The zero-order valence-corrected chi connectivity index (χ0v) is 12.4. The van der Waals surface area contributed by atoms with E-state index in [1.54, 1.807) is 19.0 Å². The van der Waals surface area contributed by atoms with Gasteiger partial charge in [0.2, 0.25) is 5.91 Å². The van der Waals surface area contributed by atoms with E-state index >= 15 is 0 Å². The molecule has 0 saturated carbocycles. The van der Waals surface area contributed by atoms with Gasteiger partial charge in [0.05, 0.1) is 12.5 Å². The van der Waals surface area contributed by atoms with E-state index in [-0.39, 0.29) is 17.8 Å². The first kappa shape index (κ1) is 16.0. The van der Waals surface area contributed by atoms with Crippen molar-refractivity contribution in [2.24, 2.45) is 5.92 Å². The van der Waals surface area contributed by atoms with Gasteiger partial charge in [-0.15, -0.1) is 0 Å². The molecule has 0 aromatic rings. The monoisotopic (exact) mass is 270 g/mol. The van der Waals surface area contributed by atoms with Gasteiger partial charge in [0.15, 0.2) is 0 Å². The third kappa shape index (κ3) is 5.59. The molecule has 1 aliphatic heterocycles. The third-order valence-electron chi connectivity index (χ3n) is 3.49. The van der Waals surface area contributed by atoms with Gasteiger partial charge in [-0.05, 0) is 39.3 Å². The fraction of sp³-hybridized carbons (Fsp3) is 0.857. The zero-order chi connectivity index (χ0) is 14.3. The Morgan fingerprint density at radius 3 is 2.74 bits per heavy atom. The molecule has 1 saturated heterocycles. The number of ether oxygens (including phenoxy) is 1. The minimum Gasteiger partial charge on any atom is -0.466 e. The van der Waals surface area contributed by atoms with E-state index in [2.05, 4.69) is 4.90 Å². The fourth-order valence-electron chi connectivity index (χ4n) is 2.39. The van der Waals surface area contributed by atoms with Gasteiger partial charge in [0.1, 0.15) is 0 Å². The Morgan fingerprint density at radius 1 is 1.37 bits per heavy atom. The molecule has 1 atom stereocenters. The summed E-state index contributed by atoms with van der Waals surface area (Å²) in [5, 5.41) is 0. The summed E-state index contributed by atoms with van der Waals surface area (Å²) in [6.07, 6.45) is 3.39. The van der Waals surface area contributed by atoms with Gasteiger partial charge in [-0.3, -0.25) is 9.59 Å². The Labute approximate surface area is 115 Å². The second kappa shape index (κ2) is 8.15. The van der Waals surface area contributed by atoms with E-state index in [4.69, 9.17) is 4.74 Å². The number of hydrogen-bond donors (Lipinski definition) is 0. The van der Waals surface area contributed by atoms with Gasteiger partial charge in [-0.1, -0.05) is 0 Å². The molecule has 1 rings (SSSR count). The highest BCUT2D eigenvalue weighted by molar-refractivity contribution is 5.75. The molecule has 1 fully saturated rings. The van der Waals surface area contributed by atoms with Gasteiger partial charge in [0, 0.05) is 27.1 Å². The Hall–Kier alpha value is -1.10. The number of rotatable bonds is 6. The van der Waals surface area contributed by atoms with Crippen LogP contribution in [0.1, 0.15) is 32.6 Å². The summed E-state index contributed by atoms with van der Waals surface area (Å²) in [4.78, 5) is 27.1. The van der Waals surface area contributed by atoms with E-state index < -0.39 is 0 Å². The van der Waals surface area contributed by atoms with Crippen molar-refractivity contribution in [3.63, 3.8) is 0 Å². The Balaban J connectivity index is 2.27. The van der Waals surface area contributed by atoms with Crippen LogP contribution in [0, 0.1) is 5.92 Å². The Bertz CT molecular complexity index is 305. The summed E-state index contributed by atoms with van der Waals surface area (Å²) in [7, 11) is 3.56. The van der Waals surface area contributed by atoms with E-state index in [0.717, 1.165) is 38.9 Å². The average Bonchev–Trinajstić information content (AvgIpc) is 2.39. The molecule has 1 amide bonds. The molecule has 110 valence electrons. The summed E-state index contributed by atoms with van der Waals surface area (Å²) in [5.74, 6) is 0.105. The van der Waals surface area contributed by atoms with Crippen LogP contribution < -0.4 is 0 Å². The van der Waals surface area contributed by atoms with Crippen LogP contribution in [0.3, 0.4) is 0 Å². The van der Waals surface area contributed by atoms with E-state index in [1.165, 1.54) is 0 Å². The second-order valence-electron chi connectivity index (χ2n) is 5.28. The van der Waals surface area contributed by atoms with Crippen molar-refractivity contribution in [1.29, 1.82) is 0 Å². The largest absolute Gasteiger partial charge is 0.466 e. The second-order valence-corrected chi connectivity index (χ2v) is 5.28. The maximum atomic E-state index is 11.7. The van der Waals surface area contributed by atoms with E-state index in [1.807, 2.05) is 6.92 Å². The lowest BCUT2D eigenvalue weighted by Crippen LogP contribution is -2.40. The normalized spacial score (nSPS) is 20.1. The molecule has 5 nitrogen and oxygen atoms in total. The van der Waals surface area contributed by atoms with Crippen LogP contribution in [-0.4, -0.2) is 62.0 Å². The topological polar surface area (TPSA) is 49.9 Å². The van der Waals surface area contributed by atoms with Gasteiger partial charge in [-0.2, -0.15) is 0 Å². The van der Waals surface area contributed by atoms with Crippen LogP contribution in [0.15, 0.2) is 0 Å². The van der Waals surface area contributed by atoms with Crippen LogP contribution in [0.25, 0.3) is 0 Å². The first-order valence-electron chi connectivity index (χ1n) is 7.13. The number of piperidine rings is 1. The molecule has 0 aromatic heterocycles. The molecule has 0 bridgehead atoms. The number of hydrogen-bond acceptors (Lipinski definition) is 4. The van der Waals surface area contributed by atoms with E-state index in [9.17, 15) is 9.59 Å². The highest BCUT2D eigenvalue weighted by atomic mass is 16.5. The summed E-state index contributed by atoms with van der Waals surface area (Å²) in [6, 6.07) is 0. The van der Waals surface area contributed by atoms with Crippen LogP contribution in [0.4, 0.5) is 0 Å². The third-order valence-corrected chi connectivity index (χ3v) is 3.49. The summed E-state index contributed by atoms with van der Waals surface area (Å²) in [5.41, 5.74) is 0. The maximum absolute atomic E-state index is 11.7. The Morgan fingerprint density at radius 2 is 2.11 bits per heavy atom. The lowest BCUT2D eigenvalue weighted by atomic mass is 9.98. The molecule has 1 heterocycles. The number of amides is 1. The van der Waals surface area contributed by atoms with Gasteiger partial charge >= 0.3 is 5.97 Å². The van der Waals surface area contributed by atoms with Crippen molar-refractivity contribution in [2.75, 3.05) is 40.3 Å². The highest BCUT2D eigenvalue weighted by Gasteiger charge is 2.26. The maximum Gasteiger partial charge on any atom is 0.310 e. The van der Waals surface area contributed by atoms with Gasteiger partial charge in [-0.25, -0.2) is 0 Å². The molecular formula is C14H26N2O3. The molecule has 0 aliphatic carbocycles. The van der Waals surface area contributed by atoms with Crippen LogP contribution >= 0.6 is 0 Å². The average molecular weight is 270 g/mol. The number of likely N-dealkylation sites (tertiary alicyclic amines) is 1. The lowest BCUT2D eigenvalue weighted by molar-refractivity contribution is -0.150. The van der Waals surface area contributed by atoms with Crippen LogP contribution in [0.2, 0.25) is 0 Å². The molecule has 5 heteroatoms. The van der Waals surface area contributed by atoms with E-state index in [0.29, 0.717) is 13.0 Å². The van der Waals surface area contributed by atoms with Gasteiger partial charge in [0.25, 0.3) is 0 Å². The number of carbonyl (C=O) groups excluding carboxylic acids is 2. The predicted octanol–water partition coefficient (Wildman–Crippen LogP) is 1.13. The van der Waals surface area contributed by atoms with Crippen LogP contribution in [0.5, 0.6) is 0 Å². The smallest absolute Gasteiger partial charge is 0.310 e. The molecule has 0 radical (unpaired) electrons. The lowest BCUT2D eigenvalue weighted by Gasteiger charge is -2.31. The molecule has 0 aromatic carbocycles. The van der Waals surface area contributed by atoms with Gasteiger partial charge < -0.3 is 14.5 Å². The Kier molecular flexibility index (Phi) is 6.84. The number of nitrogens with zero attached hydrogens (tertiary/aromatic N) is 2.